The van der Waals surface area contributed by atoms with Crippen LogP contribution in [-0.4, -0.2) is 166 Å². The van der Waals surface area contributed by atoms with E-state index in [9.17, 15) is 80.7 Å². The van der Waals surface area contributed by atoms with Gasteiger partial charge in [0.25, 0.3) is 11.8 Å². The number of carbonyl (C=O) groups excluding carboxylic acids is 6. The van der Waals surface area contributed by atoms with E-state index in [2.05, 4.69) is 43.9 Å². The molecule has 2 saturated heterocycles. The van der Waals surface area contributed by atoms with Gasteiger partial charge in [0.2, 0.25) is 43.7 Å². The molecule has 8 aromatic rings. The highest BCUT2D eigenvalue weighted by Gasteiger charge is 2.65. The number of hydrogen-bond acceptors (Lipinski definition) is 22. The predicted octanol–water partition coefficient (Wildman–Crippen LogP) is 15.8. The number of nitrogens with zero attached hydrogens (tertiary/aromatic N) is 6. The number of benzene rings is 4. The van der Waals surface area contributed by atoms with Gasteiger partial charge >= 0.3 is 12.4 Å². The molecule has 6 aliphatic rings. The fraction of sp³-hybridized carbons (Fsp3) is 0.489. The van der Waals surface area contributed by atoms with Gasteiger partial charge in [-0.25, -0.2) is 45.6 Å². The van der Waals surface area contributed by atoms with Crippen LogP contribution < -0.4 is 49.7 Å². The Morgan fingerprint density at radius 2 is 0.883 bits per heavy atom. The molecule has 4 aliphatic carbocycles. The van der Waals surface area contributed by atoms with Crippen molar-refractivity contribution >= 4 is 111 Å². The van der Waals surface area contributed by atoms with Crippen LogP contribution in [0, 0.1) is 48.1 Å². The van der Waals surface area contributed by atoms with Crippen molar-refractivity contribution in [1.29, 1.82) is 0 Å². The van der Waals surface area contributed by atoms with Crippen LogP contribution in [0.1, 0.15) is 180 Å². The van der Waals surface area contributed by atoms with Crippen LogP contribution in [0.15, 0.2) is 109 Å². The molecule has 10 atom stereocenters. The van der Waals surface area contributed by atoms with E-state index < -0.39 is 170 Å². The van der Waals surface area contributed by atoms with Crippen molar-refractivity contribution < 1.29 is 99.7 Å². The number of alkyl halides is 6. The molecule has 4 aromatic heterocycles. The number of amides is 6. The molecule has 26 nitrogen and oxygen atoms in total. The number of nitrogens with one attached hydrogen (secondary N) is 6. The summed E-state index contributed by atoms with van der Waals surface area (Å²) in [5.41, 5.74) is -3.28. The highest BCUT2D eigenvalue weighted by molar-refractivity contribution is 7.92. The number of aromatic nitrogens is 4. The zero-order valence-corrected chi connectivity index (χ0v) is 76.8. The zero-order chi connectivity index (χ0) is 93.8. The lowest BCUT2D eigenvalue weighted by atomic mass is 9.85. The molecule has 4 saturated carbocycles. The lowest BCUT2D eigenvalue weighted by Crippen LogP contribution is -2.59. The monoisotopic (exact) mass is 1860 g/mol. The molecule has 2 aliphatic heterocycles. The minimum absolute atomic E-state index is 0.0397. The first-order chi connectivity index (χ1) is 59.6. The predicted molar refractivity (Wildman–Crippen MR) is 470 cm³/mol. The van der Waals surface area contributed by atoms with Crippen molar-refractivity contribution in [2.45, 2.75) is 229 Å². The molecule has 0 bridgehead atoms. The lowest BCUT2D eigenvalue weighted by Gasteiger charge is -2.36. The SMILES string of the molecule is C=C[C@@H]1C[C@]1(NC(=O)[C@@H]1C[C@@H](Oc2cc(-c3nc(C(C)C)cs3)nc3c(C)c(OC)ccc23)CN1C(=O)[C@@H](Nc1cc(F)cc(C(F)(F)F)c1)C(C)(C)C)C(=O)NS(=O)(=O)C1(C)CC1.C=C[C@@H]1C[C@]1(NC(=O)[C@@H]1C[C@@H](Oc2cc(-c3nc(C(C)C)cs3)nc3c(C)c(OC)ccc23)CN1C(=O)[C@@H](Nc1cc(F)cc(C(F)(F)F)c1)C(C)(C)C)C(=O)NS(=O)(=O)C1(C)CC1. The molecule has 6 amide bonds. The van der Waals surface area contributed by atoms with E-state index in [1.54, 1.807) is 92.2 Å². The highest BCUT2D eigenvalue weighted by Crippen LogP contribution is 2.51. The number of hydrogen-bond donors (Lipinski definition) is 6. The quantitative estimate of drug-likeness (QED) is 0.0196. The minimum Gasteiger partial charge on any atom is -0.496 e. The van der Waals surface area contributed by atoms with Crippen LogP contribution in [0.5, 0.6) is 23.0 Å². The fourth-order valence-corrected chi connectivity index (χ4v) is 20.4. The minimum atomic E-state index is -4.89. The van der Waals surface area contributed by atoms with Gasteiger partial charge in [0.05, 0.1) is 70.4 Å². The Morgan fingerprint density at radius 3 is 1.17 bits per heavy atom. The largest absolute Gasteiger partial charge is 0.496 e. The highest BCUT2D eigenvalue weighted by atomic mass is 32.2. The number of ether oxygens (including phenoxy) is 4. The molecule has 4 aromatic carbocycles. The molecule has 688 valence electrons. The number of halogens is 8. The number of aryl methyl sites for hydroxylation is 2. The second-order valence-electron chi connectivity index (χ2n) is 37.1. The topological polar surface area (TPSA) is 338 Å². The van der Waals surface area contributed by atoms with Gasteiger partial charge in [-0.05, 0) is 150 Å². The van der Waals surface area contributed by atoms with E-state index in [0.717, 1.165) is 34.6 Å². The van der Waals surface area contributed by atoms with Gasteiger partial charge in [-0.3, -0.25) is 38.2 Å². The number of pyridine rings is 2. The van der Waals surface area contributed by atoms with Gasteiger partial charge in [0.15, 0.2) is 0 Å². The number of anilines is 2. The maximum Gasteiger partial charge on any atom is 0.416 e. The summed E-state index contributed by atoms with van der Waals surface area (Å²) in [7, 11) is -5.11. The van der Waals surface area contributed by atoms with E-state index in [1.165, 1.54) is 58.5 Å². The van der Waals surface area contributed by atoms with E-state index in [-0.39, 0.29) is 62.0 Å². The Balaban J connectivity index is 0.000000219. The van der Waals surface area contributed by atoms with Crippen molar-refractivity contribution in [3.05, 3.63) is 154 Å². The summed E-state index contributed by atoms with van der Waals surface area (Å²) in [5, 5.41) is 17.5. The zero-order valence-electron chi connectivity index (χ0n) is 73.6. The lowest BCUT2D eigenvalue weighted by molar-refractivity contribution is -0.141. The van der Waals surface area contributed by atoms with Gasteiger partial charge in [0.1, 0.15) is 103 Å². The Labute approximate surface area is 745 Å². The summed E-state index contributed by atoms with van der Waals surface area (Å²) in [6.45, 7) is 32.0. The molecular weight excluding hydrogens is 1750 g/mol. The summed E-state index contributed by atoms with van der Waals surface area (Å²) >= 11 is 2.82. The van der Waals surface area contributed by atoms with Crippen LogP contribution in [0.3, 0.4) is 0 Å². The molecule has 128 heavy (non-hydrogen) atoms. The van der Waals surface area contributed by atoms with Crippen molar-refractivity contribution in [3.63, 3.8) is 0 Å². The number of rotatable bonds is 28. The van der Waals surface area contributed by atoms with Gasteiger partial charge in [-0.2, -0.15) is 26.3 Å². The fourth-order valence-electron chi connectivity index (χ4n) is 15.9. The van der Waals surface area contributed by atoms with Gasteiger partial charge in [0, 0.05) is 80.8 Å². The normalized spacial score (nSPS) is 22.2. The van der Waals surface area contributed by atoms with Gasteiger partial charge in [-0.1, -0.05) is 81.4 Å². The first kappa shape index (κ1) is 95.0. The Hall–Kier alpha value is -10.6. The van der Waals surface area contributed by atoms with Gasteiger partial charge < -0.3 is 50.0 Å². The third-order valence-corrected chi connectivity index (χ3v) is 30.8. The number of likely N-dealkylation sites (tertiary alicyclic amines) is 2. The van der Waals surface area contributed by atoms with E-state index in [1.807, 2.05) is 52.3 Å². The van der Waals surface area contributed by atoms with E-state index in [4.69, 9.17) is 38.9 Å². The van der Waals surface area contributed by atoms with Crippen LogP contribution in [0.2, 0.25) is 0 Å². The van der Waals surface area contributed by atoms with Crippen molar-refractivity contribution in [2.24, 2.45) is 22.7 Å². The summed E-state index contributed by atoms with van der Waals surface area (Å²) in [6, 6.07) is 9.04. The number of fused-ring (bicyclic) bond motifs is 2. The van der Waals surface area contributed by atoms with Crippen LogP contribution >= 0.6 is 22.7 Å². The molecule has 38 heteroatoms. The van der Waals surface area contributed by atoms with Crippen molar-refractivity contribution in [3.8, 4) is 44.4 Å². The smallest absolute Gasteiger partial charge is 0.416 e. The Morgan fingerprint density at radius 1 is 0.531 bits per heavy atom. The summed E-state index contributed by atoms with van der Waals surface area (Å²) in [5.74, 6) is -6.36. The van der Waals surface area contributed by atoms with Crippen LogP contribution in [0.25, 0.3) is 43.2 Å². The molecule has 6 fully saturated rings. The van der Waals surface area contributed by atoms with E-state index in [0.29, 0.717) is 116 Å². The molecule has 6 N–H and O–H groups in total. The first-order valence-electron chi connectivity index (χ1n) is 41.8. The molecule has 6 heterocycles. The third kappa shape index (κ3) is 19.3. The van der Waals surface area contributed by atoms with Crippen molar-refractivity contribution in [2.75, 3.05) is 37.9 Å². The number of thiazole rings is 2. The standard InChI is InChI=1S/2C45H52F4N6O7S2/c2*1-10-25-20-44(25,41(58)54-64(59,60)43(8)13-14-43)53-38(56)33-18-29(21-55(33)40(57)37(42(5,6)7)50-28-16-26(45(47,48)49)15-27(46)17-28)62-35-19-31(39-52-32(22-63-39)23(2)3)51-36-24(4)34(61-9)12-11-30(35)36/h2*10-12,15-17,19,22-23,25,29,33,37,50H,1,13-14,18,20-21H2,2-9H3,(H,53,56)(H,54,58)/t2*25-,29-,33+,37-,44-/m11/s1. The van der Waals surface area contributed by atoms with Gasteiger partial charge in [-0.15, -0.1) is 35.8 Å². The molecular formula is C90H104F8N12O14S4. The Kier molecular flexibility index (Phi) is 25.7. The third-order valence-electron chi connectivity index (χ3n) is 24.7. The maximum atomic E-state index is 14.9. The second kappa shape index (κ2) is 34.7. The average molecular weight is 1860 g/mol. The Bertz CT molecular complexity index is 5640. The number of methoxy groups -OCH3 is 2. The summed E-state index contributed by atoms with van der Waals surface area (Å²) in [6.07, 6.45) is -7.37. The van der Waals surface area contributed by atoms with E-state index >= 15 is 0 Å². The first-order valence-corrected chi connectivity index (χ1v) is 46.5. The number of carbonyl (C=O) groups is 6. The van der Waals surface area contributed by atoms with Crippen molar-refractivity contribution in [1.82, 2.24) is 49.8 Å². The average Bonchev–Trinajstić information content (AvgIpc) is 1.56. The molecule has 0 radical (unpaired) electrons. The van der Waals surface area contributed by atoms with Crippen LogP contribution in [-0.2, 0) is 61.2 Å². The van der Waals surface area contributed by atoms with Crippen LogP contribution in [0.4, 0.5) is 46.5 Å². The number of sulfonamides is 2. The molecule has 0 unspecified atom stereocenters. The second-order valence-corrected chi connectivity index (χ2v) is 43.2. The molecule has 14 rings (SSSR count). The molecule has 0 spiro atoms. The summed E-state index contributed by atoms with van der Waals surface area (Å²) < 4.78 is 191. The summed E-state index contributed by atoms with van der Waals surface area (Å²) in [4.78, 5) is 109. The maximum absolute atomic E-state index is 14.9.